The molecule has 0 fully saturated rings. The molecule has 0 amide bonds. The van der Waals surface area contributed by atoms with Crippen molar-refractivity contribution >= 4 is 38.9 Å². The summed E-state index contributed by atoms with van der Waals surface area (Å²) in [5.74, 6) is 2.31. The van der Waals surface area contributed by atoms with Crippen molar-refractivity contribution in [3.63, 3.8) is 0 Å². The van der Waals surface area contributed by atoms with E-state index in [0.29, 0.717) is 11.4 Å². The molecule has 0 saturated heterocycles. The quantitative estimate of drug-likeness (QED) is 0.207. The first kappa shape index (κ1) is 24.6. The van der Waals surface area contributed by atoms with Crippen LogP contribution in [0.1, 0.15) is 56.8 Å². The van der Waals surface area contributed by atoms with Crippen molar-refractivity contribution in [1.82, 2.24) is 9.55 Å². The first-order valence-corrected chi connectivity index (χ1v) is 15.2. The maximum Gasteiger partial charge on any atom is 0.137 e. The summed E-state index contributed by atoms with van der Waals surface area (Å²) in [6, 6.07) is 32.8. The summed E-state index contributed by atoms with van der Waals surface area (Å²) in [5.41, 5.74) is 6.57. The number of hydrogen-bond donors (Lipinski definition) is 0. The zero-order valence-corrected chi connectivity index (χ0v) is 26.2. The molecule has 1 aliphatic heterocycles. The number of aromatic nitrogens is 2. The maximum absolute atomic E-state index is 8.15. The molecule has 6 aromatic rings. The second kappa shape index (κ2) is 10.2. The summed E-state index contributed by atoms with van der Waals surface area (Å²) in [5, 5.41) is 2.28. The highest BCUT2D eigenvalue weighted by molar-refractivity contribution is 6.09. The molecule has 0 atom stereocenters. The summed E-state index contributed by atoms with van der Waals surface area (Å²) in [6.45, 7) is 11.1. The molecule has 5 heteroatoms. The number of benzene rings is 4. The van der Waals surface area contributed by atoms with Gasteiger partial charge < -0.3 is 14.5 Å². The van der Waals surface area contributed by atoms with E-state index in [1.54, 1.807) is 0 Å². The van der Waals surface area contributed by atoms with E-state index in [-0.39, 0.29) is 17.5 Å². The van der Waals surface area contributed by atoms with Crippen LogP contribution in [0.4, 0.5) is 17.1 Å². The van der Waals surface area contributed by atoms with Gasteiger partial charge >= 0.3 is 0 Å². The van der Waals surface area contributed by atoms with Gasteiger partial charge in [-0.2, -0.15) is 0 Å². The van der Waals surface area contributed by atoms with Crippen molar-refractivity contribution in [3.8, 4) is 17.3 Å². The molecule has 2 aromatic heterocycles. The molecule has 1 aliphatic rings. The molecule has 222 valence electrons. The summed E-state index contributed by atoms with van der Waals surface area (Å²) < 4.78 is 33.5. The van der Waals surface area contributed by atoms with Gasteiger partial charge in [0.05, 0.1) is 29.1 Å². The van der Waals surface area contributed by atoms with E-state index in [1.807, 2.05) is 47.5 Å². The first-order valence-electron chi connectivity index (χ1n) is 16.7. The normalized spacial score (nSPS) is 14.9. The Labute approximate surface area is 264 Å². The van der Waals surface area contributed by atoms with Crippen molar-refractivity contribution in [1.29, 1.82) is 0 Å². The molecule has 0 N–H and O–H groups in total. The zero-order valence-electron chi connectivity index (χ0n) is 29.2. The highest BCUT2D eigenvalue weighted by atomic mass is 16.5. The van der Waals surface area contributed by atoms with Gasteiger partial charge in [0, 0.05) is 51.4 Å². The van der Waals surface area contributed by atoms with Crippen LogP contribution in [0, 0.1) is 0 Å². The summed E-state index contributed by atoms with van der Waals surface area (Å²) in [6.07, 6.45) is 1.89. The van der Waals surface area contributed by atoms with Gasteiger partial charge in [-0.25, -0.2) is 4.98 Å². The topological polar surface area (TPSA) is 33.5 Å². The Morgan fingerprint density at radius 1 is 0.727 bits per heavy atom. The molecule has 4 aromatic carbocycles. The van der Waals surface area contributed by atoms with Crippen LogP contribution < -0.4 is 14.5 Å². The monoisotopic (exact) mass is 583 g/mol. The van der Waals surface area contributed by atoms with Crippen LogP contribution in [0.25, 0.3) is 27.6 Å². The number of nitrogens with zero attached hydrogens (tertiary/aromatic N) is 4. The molecular formula is C39H40N4O. The van der Waals surface area contributed by atoms with Gasteiger partial charge in [0.1, 0.15) is 17.3 Å². The summed E-state index contributed by atoms with van der Waals surface area (Å²) in [4.78, 5) is 8.33. The van der Waals surface area contributed by atoms with Crippen LogP contribution >= 0.6 is 0 Å². The molecule has 0 saturated carbocycles. The van der Waals surface area contributed by atoms with Crippen molar-refractivity contribution in [2.75, 3.05) is 23.4 Å². The fourth-order valence-corrected chi connectivity index (χ4v) is 6.21. The standard InChI is InChI=1S/C39H40N4O/c1-38(2,3)26-20-21-40-37(22-26)43-32-13-9-8-12-29(32)30-18-17-28(24-35(30)43)44-36-23-27(16-19-31(36)39(4,5)6)42-25-41(7)33-14-10-11-15-34(33)42/h8-24H,25H2,1-7H3/i7D3. The van der Waals surface area contributed by atoms with E-state index in [1.165, 1.54) is 10.5 Å². The second-order valence-electron chi connectivity index (χ2n) is 13.7. The molecule has 0 unspecified atom stereocenters. The number of anilines is 3. The van der Waals surface area contributed by atoms with Gasteiger partial charge in [0.25, 0.3) is 0 Å². The van der Waals surface area contributed by atoms with Crippen LogP contribution in [-0.2, 0) is 10.8 Å². The fourth-order valence-electron chi connectivity index (χ4n) is 6.21. The Kier molecular flexibility index (Phi) is 5.69. The van der Waals surface area contributed by atoms with Crippen molar-refractivity contribution < 1.29 is 8.85 Å². The third kappa shape index (κ3) is 4.77. The number of para-hydroxylation sites is 3. The molecular weight excluding hydrogens is 540 g/mol. The average Bonchev–Trinajstić information content (AvgIpc) is 3.57. The average molecular weight is 584 g/mol. The molecule has 5 nitrogen and oxygen atoms in total. The minimum atomic E-state index is -2.26. The van der Waals surface area contributed by atoms with Crippen LogP contribution in [0.5, 0.6) is 11.5 Å². The van der Waals surface area contributed by atoms with Crippen LogP contribution in [-0.4, -0.2) is 23.2 Å². The molecule has 0 spiro atoms. The van der Waals surface area contributed by atoms with E-state index < -0.39 is 6.98 Å². The predicted molar refractivity (Wildman–Crippen MR) is 184 cm³/mol. The lowest BCUT2D eigenvalue weighted by molar-refractivity contribution is 0.456. The second-order valence-corrected chi connectivity index (χ2v) is 13.7. The first-order chi connectivity index (χ1) is 22.2. The predicted octanol–water partition coefficient (Wildman–Crippen LogP) is 10.1. The Balaban J connectivity index is 1.35. The SMILES string of the molecule is [2H]C([2H])([2H])N1CN(c2ccc(C(C)(C)C)c(Oc3ccc4c5ccccc5n(-c5cc(C(C)(C)C)ccn5)c4c3)c2)c2ccccc21. The molecule has 0 bridgehead atoms. The maximum atomic E-state index is 8.15. The lowest BCUT2D eigenvalue weighted by Gasteiger charge is -2.26. The molecule has 0 radical (unpaired) electrons. The Morgan fingerprint density at radius 2 is 1.48 bits per heavy atom. The summed E-state index contributed by atoms with van der Waals surface area (Å²) >= 11 is 0. The van der Waals surface area contributed by atoms with E-state index in [9.17, 15) is 0 Å². The number of hydrogen-bond acceptors (Lipinski definition) is 4. The fraction of sp³-hybridized carbons (Fsp3) is 0.256. The number of pyridine rings is 1. The van der Waals surface area contributed by atoms with Crippen LogP contribution in [0.3, 0.4) is 0 Å². The molecule has 3 heterocycles. The number of ether oxygens (including phenoxy) is 1. The van der Waals surface area contributed by atoms with Crippen molar-refractivity contribution in [2.24, 2.45) is 0 Å². The minimum Gasteiger partial charge on any atom is -0.457 e. The third-order valence-electron chi connectivity index (χ3n) is 8.54. The van der Waals surface area contributed by atoms with Gasteiger partial charge in [0.2, 0.25) is 0 Å². The summed E-state index contributed by atoms with van der Waals surface area (Å²) in [7, 11) is 0. The van der Waals surface area contributed by atoms with Crippen LogP contribution in [0.15, 0.2) is 103 Å². The lowest BCUT2D eigenvalue weighted by Crippen LogP contribution is -2.24. The highest BCUT2D eigenvalue weighted by Crippen LogP contribution is 2.44. The van der Waals surface area contributed by atoms with E-state index >= 15 is 0 Å². The zero-order chi connectivity index (χ0) is 33.3. The van der Waals surface area contributed by atoms with E-state index in [2.05, 4.69) is 107 Å². The smallest absolute Gasteiger partial charge is 0.137 e. The van der Waals surface area contributed by atoms with Gasteiger partial charge in [-0.15, -0.1) is 0 Å². The van der Waals surface area contributed by atoms with Crippen molar-refractivity contribution in [2.45, 2.75) is 52.4 Å². The van der Waals surface area contributed by atoms with Crippen LogP contribution in [0.2, 0.25) is 0 Å². The Bertz CT molecular complexity index is 2140. The number of fused-ring (bicyclic) bond motifs is 4. The Morgan fingerprint density at radius 3 is 2.25 bits per heavy atom. The van der Waals surface area contributed by atoms with Crippen molar-refractivity contribution in [3.05, 3.63) is 114 Å². The lowest BCUT2D eigenvalue weighted by atomic mass is 9.86. The molecule has 0 aliphatic carbocycles. The van der Waals surface area contributed by atoms with Gasteiger partial charge in [-0.3, -0.25) is 4.57 Å². The van der Waals surface area contributed by atoms with E-state index in [0.717, 1.165) is 50.3 Å². The third-order valence-corrected chi connectivity index (χ3v) is 8.54. The highest BCUT2D eigenvalue weighted by Gasteiger charge is 2.27. The Hall–Kier alpha value is -4.77. The molecule has 7 rings (SSSR count). The van der Waals surface area contributed by atoms with Gasteiger partial charge in [-0.1, -0.05) is 77.9 Å². The van der Waals surface area contributed by atoms with Gasteiger partial charge in [-0.05, 0) is 64.9 Å². The molecule has 44 heavy (non-hydrogen) atoms. The van der Waals surface area contributed by atoms with Gasteiger partial charge in [0.15, 0.2) is 0 Å². The van der Waals surface area contributed by atoms with E-state index in [4.69, 9.17) is 13.8 Å². The largest absolute Gasteiger partial charge is 0.457 e. The minimum absolute atomic E-state index is 0.0184. The number of rotatable bonds is 4.